The molecule has 0 fully saturated rings. The standard InChI is InChI=1S/C21H22N4O3S/c1-14-3-5-15(6-4-14)10-22-20(26)21-24-23-19(29-21)12-25(2)11-16-7-8-17-18(9-16)28-13-27-17/h3-9H,10-13H2,1-2H3,(H,22,26). The topological polar surface area (TPSA) is 76.6 Å². The number of aromatic nitrogens is 2. The molecule has 150 valence electrons. The lowest BCUT2D eigenvalue weighted by molar-refractivity contribution is 0.0950. The van der Waals surface area contributed by atoms with E-state index in [1.807, 2.05) is 56.4 Å². The van der Waals surface area contributed by atoms with Crippen molar-refractivity contribution < 1.29 is 14.3 Å². The van der Waals surface area contributed by atoms with Crippen LogP contribution in [-0.2, 0) is 19.6 Å². The molecule has 1 aromatic heterocycles. The van der Waals surface area contributed by atoms with Crippen molar-refractivity contribution in [3.8, 4) is 11.5 Å². The molecule has 29 heavy (non-hydrogen) atoms. The molecular weight excluding hydrogens is 388 g/mol. The van der Waals surface area contributed by atoms with Crippen LogP contribution in [0.1, 0.15) is 31.5 Å². The van der Waals surface area contributed by atoms with Gasteiger partial charge in [0.25, 0.3) is 5.91 Å². The zero-order valence-corrected chi connectivity index (χ0v) is 17.2. The minimum atomic E-state index is -0.201. The molecule has 1 N–H and O–H groups in total. The third-order valence-electron chi connectivity index (χ3n) is 4.53. The summed E-state index contributed by atoms with van der Waals surface area (Å²) in [5, 5.41) is 12.3. The Morgan fingerprint density at radius 2 is 1.83 bits per heavy atom. The number of amides is 1. The molecule has 0 unspecified atom stereocenters. The number of fused-ring (bicyclic) bond motifs is 1. The van der Waals surface area contributed by atoms with Crippen molar-refractivity contribution >= 4 is 17.2 Å². The van der Waals surface area contributed by atoms with E-state index in [9.17, 15) is 4.79 Å². The minimum Gasteiger partial charge on any atom is -0.454 e. The summed E-state index contributed by atoms with van der Waals surface area (Å²) in [6, 6.07) is 14.0. The average Bonchev–Trinajstić information content (AvgIpc) is 3.36. The SMILES string of the molecule is Cc1ccc(CNC(=O)c2nnc(CN(C)Cc3ccc4c(c3)OCO4)s2)cc1. The molecule has 0 spiro atoms. The van der Waals surface area contributed by atoms with Gasteiger partial charge in [-0.2, -0.15) is 0 Å². The van der Waals surface area contributed by atoms with Crippen molar-refractivity contribution in [2.45, 2.75) is 26.6 Å². The fourth-order valence-corrected chi connectivity index (χ4v) is 3.85. The van der Waals surface area contributed by atoms with Gasteiger partial charge in [0, 0.05) is 13.1 Å². The highest BCUT2D eigenvalue weighted by atomic mass is 32.1. The molecule has 0 aliphatic carbocycles. The molecule has 0 bridgehead atoms. The number of hydrogen-bond donors (Lipinski definition) is 1. The first-order chi connectivity index (χ1) is 14.1. The van der Waals surface area contributed by atoms with Crippen molar-refractivity contribution in [2.75, 3.05) is 13.8 Å². The highest BCUT2D eigenvalue weighted by Gasteiger charge is 2.16. The zero-order chi connectivity index (χ0) is 20.2. The van der Waals surface area contributed by atoms with Crippen LogP contribution in [0.5, 0.6) is 11.5 Å². The average molecular weight is 410 g/mol. The first-order valence-corrected chi connectivity index (χ1v) is 10.1. The van der Waals surface area contributed by atoms with Gasteiger partial charge < -0.3 is 14.8 Å². The number of nitrogens with zero attached hydrogens (tertiary/aromatic N) is 3. The molecule has 8 heteroatoms. The predicted molar refractivity (Wildman–Crippen MR) is 110 cm³/mol. The lowest BCUT2D eigenvalue weighted by Crippen LogP contribution is -2.22. The van der Waals surface area contributed by atoms with E-state index < -0.39 is 0 Å². The maximum absolute atomic E-state index is 12.3. The zero-order valence-electron chi connectivity index (χ0n) is 16.3. The van der Waals surface area contributed by atoms with Crippen molar-refractivity contribution in [1.82, 2.24) is 20.4 Å². The quantitative estimate of drug-likeness (QED) is 0.645. The van der Waals surface area contributed by atoms with Crippen LogP contribution in [0.4, 0.5) is 0 Å². The number of carbonyl (C=O) groups excluding carboxylic acids is 1. The Labute approximate surface area is 173 Å². The van der Waals surface area contributed by atoms with Crippen molar-refractivity contribution in [3.63, 3.8) is 0 Å². The number of rotatable bonds is 7. The Morgan fingerprint density at radius 3 is 2.66 bits per heavy atom. The van der Waals surface area contributed by atoms with E-state index in [-0.39, 0.29) is 12.7 Å². The van der Waals surface area contributed by atoms with Crippen molar-refractivity contribution in [3.05, 3.63) is 69.2 Å². The lowest BCUT2D eigenvalue weighted by Gasteiger charge is -2.15. The van der Waals surface area contributed by atoms with Gasteiger partial charge in [0.15, 0.2) is 11.5 Å². The lowest BCUT2D eigenvalue weighted by atomic mass is 10.1. The van der Waals surface area contributed by atoms with Crippen LogP contribution >= 0.6 is 11.3 Å². The van der Waals surface area contributed by atoms with Crippen LogP contribution in [0, 0.1) is 6.92 Å². The monoisotopic (exact) mass is 410 g/mol. The third-order valence-corrected chi connectivity index (χ3v) is 5.44. The smallest absolute Gasteiger partial charge is 0.282 e. The van der Waals surface area contributed by atoms with Gasteiger partial charge in [0.05, 0.1) is 6.54 Å². The fraction of sp³-hybridized carbons (Fsp3) is 0.286. The van der Waals surface area contributed by atoms with Crippen LogP contribution in [0.15, 0.2) is 42.5 Å². The summed E-state index contributed by atoms with van der Waals surface area (Å²) < 4.78 is 10.8. The van der Waals surface area contributed by atoms with Crippen LogP contribution in [0.3, 0.4) is 0 Å². The molecule has 2 aromatic carbocycles. The van der Waals surface area contributed by atoms with Gasteiger partial charge in [-0.15, -0.1) is 10.2 Å². The van der Waals surface area contributed by atoms with Gasteiger partial charge in [0.1, 0.15) is 5.01 Å². The summed E-state index contributed by atoms with van der Waals surface area (Å²) in [5.74, 6) is 1.36. The first kappa shape index (κ1) is 19.4. The molecule has 3 aromatic rings. The normalized spacial score (nSPS) is 12.4. The van der Waals surface area contributed by atoms with Gasteiger partial charge in [-0.3, -0.25) is 9.69 Å². The molecule has 0 radical (unpaired) electrons. The van der Waals surface area contributed by atoms with Gasteiger partial charge in [-0.05, 0) is 37.2 Å². The van der Waals surface area contributed by atoms with E-state index in [0.717, 1.165) is 34.2 Å². The summed E-state index contributed by atoms with van der Waals surface area (Å²) in [5.41, 5.74) is 3.37. The van der Waals surface area contributed by atoms with Crippen LogP contribution in [0.2, 0.25) is 0 Å². The summed E-state index contributed by atoms with van der Waals surface area (Å²) in [6.07, 6.45) is 0. The Balaban J connectivity index is 1.30. The molecule has 0 saturated heterocycles. The van der Waals surface area contributed by atoms with Crippen LogP contribution in [-0.4, -0.2) is 34.8 Å². The predicted octanol–water partition coefficient (Wildman–Crippen LogP) is 3.14. The van der Waals surface area contributed by atoms with Gasteiger partial charge in [0.2, 0.25) is 11.8 Å². The van der Waals surface area contributed by atoms with Crippen molar-refractivity contribution in [1.29, 1.82) is 0 Å². The van der Waals surface area contributed by atoms with Gasteiger partial charge >= 0.3 is 0 Å². The molecule has 1 amide bonds. The molecule has 1 aliphatic rings. The van der Waals surface area contributed by atoms with Crippen LogP contribution in [0.25, 0.3) is 0 Å². The minimum absolute atomic E-state index is 0.201. The van der Waals surface area contributed by atoms with E-state index >= 15 is 0 Å². The molecule has 2 heterocycles. The number of aryl methyl sites for hydroxylation is 1. The van der Waals surface area contributed by atoms with Gasteiger partial charge in [-0.1, -0.05) is 47.2 Å². The van der Waals surface area contributed by atoms with E-state index in [1.54, 1.807) is 0 Å². The largest absolute Gasteiger partial charge is 0.454 e. The summed E-state index contributed by atoms with van der Waals surface area (Å²) >= 11 is 1.32. The summed E-state index contributed by atoms with van der Waals surface area (Å²) in [7, 11) is 2.00. The fourth-order valence-electron chi connectivity index (χ4n) is 3.01. The maximum Gasteiger partial charge on any atom is 0.282 e. The van der Waals surface area contributed by atoms with E-state index in [0.29, 0.717) is 18.1 Å². The molecule has 7 nitrogen and oxygen atoms in total. The summed E-state index contributed by atoms with van der Waals surface area (Å²) in [4.78, 5) is 14.5. The molecule has 0 saturated carbocycles. The highest BCUT2D eigenvalue weighted by molar-refractivity contribution is 7.13. The second-order valence-corrected chi connectivity index (χ2v) is 8.09. The number of nitrogens with one attached hydrogen (secondary N) is 1. The van der Waals surface area contributed by atoms with Gasteiger partial charge in [-0.25, -0.2) is 0 Å². The second kappa shape index (κ2) is 8.59. The van der Waals surface area contributed by atoms with E-state index in [1.165, 1.54) is 16.9 Å². The Kier molecular flexibility index (Phi) is 5.73. The Bertz CT molecular complexity index is 1000. The van der Waals surface area contributed by atoms with Crippen molar-refractivity contribution in [2.24, 2.45) is 0 Å². The Hall–Kier alpha value is -2.97. The van der Waals surface area contributed by atoms with E-state index in [2.05, 4.69) is 20.4 Å². The number of carbonyl (C=O) groups is 1. The first-order valence-electron chi connectivity index (χ1n) is 9.30. The van der Waals surface area contributed by atoms with E-state index in [4.69, 9.17) is 9.47 Å². The van der Waals surface area contributed by atoms with Crippen LogP contribution < -0.4 is 14.8 Å². The number of ether oxygens (including phenoxy) is 2. The highest BCUT2D eigenvalue weighted by Crippen LogP contribution is 2.32. The molecule has 1 aliphatic heterocycles. The number of hydrogen-bond acceptors (Lipinski definition) is 7. The molecule has 0 atom stereocenters. The second-order valence-electron chi connectivity index (χ2n) is 7.03. The summed E-state index contributed by atoms with van der Waals surface area (Å²) in [6.45, 7) is 4.11. The molecular formula is C21H22N4O3S. The molecule has 4 rings (SSSR count). The Morgan fingerprint density at radius 1 is 1.07 bits per heavy atom. The third kappa shape index (κ3) is 4.90. The maximum atomic E-state index is 12.3. The number of benzene rings is 2.